The van der Waals surface area contributed by atoms with Crippen LogP contribution in [0.25, 0.3) is 0 Å². The Bertz CT molecular complexity index is 1040. The molecule has 0 aromatic heterocycles. The Morgan fingerprint density at radius 1 is 1.14 bits per heavy atom. The first kappa shape index (κ1) is 19.7. The molecule has 0 unspecified atom stereocenters. The number of nitro benzene ring substituents is 1. The fraction of sp³-hybridized carbons (Fsp3) is 0.238. The van der Waals surface area contributed by atoms with Crippen LogP contribution >= 0.6 is 0 Å². The van der Waals surface area contributed by atoms with Crippen LogP contribution in [0.4, 0.5) is 5.69 Å². The van der Waals surface area contributed by atoms with Crippen LogP contribution in [0, 0.1) is 44.6 Å². The number of carbonyl (C=O) groups is 1. The Morgan fingerprint density at radius 3 is 2.38 bits per heavy atom. The summed E-state index contributed by atoms with van der Waals surface area (Å²) in [7, 11) is 0. The highest BCUT2D eigenvalue weighted by atomic mass is 16.6. The molecule has 0 spiro atoms. The average molecular weight is 387 g/mol. The lowest BCUT2D eigenvalue weighted by Gasteiger charge is -2.24. The number of benzene rings is 2. The zero-order valence-electron chi connectivity index (χ0n) is 15.6. The smallest absolute Gasteiger partial charge is 0.272 e. The quantitative estimate of drug-likeness (QED) is 0.555. The van der Waals surface area contributed by atoms with E-state index in [2.05, 4.69) is 5.10 Å². The number of hydrogen-bond donors (Lipinski definition) is 0. The van der Waals surface area contributed by atoms with Gasteiger partial charge in [-0.1, -0.05) is 48.5 Å². The van der Waals surface area contributed by atoms with Crippen LogP contribution in [0.15, 0.2) is 59.7 Å². The van der Waals surface area contributed by atoms with Crippen molar-refractivity contribution in [2.45, 2.75) is 19.4 Å². The van der Waals surface area contributed by atoms with E-state index in [-0.39, 0.29) is 23.7 Å². The van der Waals surface area contributed by atoms with E-state index < -0.39 is 22.7 Å². The number of rotatable bonds is 6. The van der Waals surface area contributed by atoms with Crippen LogP contribution in [0.1, 0.15) is 24.0 Å². The highest BCUT2D eigenvalue weighted by Gasteiger charge is 2.45. The van der Waals surface area contributed by atoms with Crippen molar-refractivity contribution in [2.75, 3.05) is 0 Å². The van der Waals surface area contributed by atoms with Gasteiger partial charge < -0.3 is 0 Å². The van der Waals surface area contributed by atoms with Crippen LogP contribution in [0.5, 0.6) is 0 Å². The molecule has 29 heavy (non-hydrogen) atoms. The molecule has 2 atom stereocenters. The summed E-state index contributed by atoms with van der Waals surface area (Å²) in [4.78, 5) is 24.1. The Kier molecular flexibility index (Phi) is 5.66. The molecule has 144 valence electrons. The van der Waals surface area contributed by atoms with Crippen molar-refractivity contribution in [3.8, 4) is 12.1 Å². The van der Waals surface area contributed by atoms with Crippen molar-refractivity contribution in [2.24, 2.45) is 16.9 Å². The van der Waals surface area contributed by atoms with Crippen LogP contribution in [0.2, 0.25) is 0 Å². The van der Waals surface area contributed by atoms with E-state index in [1.54, 1.807) is 13.0 Å². The molecule has 0 radical (unpaired) electrons. The molecule has 8 nitrogen and oxygen atoms in total. The number of nitriles is 2. The van der Waals surface area contributed by atoms with Crippen molar-refractivity contribution in [1.82, 2.24) is 5.01 Å². The third kappa shape index (κ3) is 3.83. The summed E-state index contributed by atoms with van der Waals surface area (Å²) in [6.07, 6.45) is 0. The van der Waals surface area contributed by atoms with Gasteiger partial charge in [0.1, 0.15) is 5.92 Å². The Morgan fingerprint density at radius 2 is 1.76 bits per heavy atom. The fourth-order valence-corrected chi connectivity index (χ4v) is 3.60. The van der Waals surface area contributed by atoms with Gasteiger partial charge in [-0.2, -0.15) is 15.6 Å². The van der Waals surface area contributed by atoms with E-state index >= 15 is 0 Å². The molecule has 0 bridgehead atoms. The summed E-state index contributed by atoms with van der Waals surface area (Å²) < 4.78 is 0. The number of carbonyl (C=O) groups excluding carboxylic acids is 1. The SMILES string of the molecule is CC1=NN(Cc2ccccc2)C(=O)[C@@H]1[C@H](c1ccccc1[N+](=O)[O-])C(C#N)C#N. The van der Waals surface area contributed by atoms with Crippen molar-refractivity contribution < 1.29 is 9.72 Å². The van der Waals surface area contributed by atoms with Crippen molar-refractivity contribution in [1.29, 1.82) is 10.5 Å². The van der Waals surface area contributed by atoms with Gasteiger partial charge in [0.15, 0.2) is 0 Å². The number of hydrogen-bond acceptors (Lipinski definition) is 6. The lowest BCUT2D eigenvalue weighted by Crippen LogP contribution is -2.34. The van der Waals surface area contributed by atoms with Gasteiger partial charge in [0.05, 0.1) is 29.5 Å². The minimum Gasteiger partial charge on any atom is -0.272 e. The summed E-state index contributed by atoms with van der Waals surface area (Å²) >= 11 is 0. The van der Waals surface area contributed by atoms with E-state index in [9.17, 15) is 25.4 Å². The molecule has 2 aromatic rings. The van der Waals surface area contributed by atoms with Gasteiger partial charge in [-0.15, -0.1) is 0 Å². The molecule has 1 aliphatic heterocycles. The fourth-order valence-electron chi connectivity index (χ4n) is 3.60. The second kappa shape index (κ2) is 8.32. The lowest BCUT2D eigenvalue weighted by atomic mass is 9.75. The topological polar surface area (TPSA) is 123 Å². The highest BCUT2D eigenvalue weighted by molar-refractivity contribution is 6.08. The third-order valence-corrected chi connectivity index (χ3v) is 4.91. The van der Waals surface area contributed by atoms with Gasteiger partial charge in [0, 0.05) is 23.3 Å². The lowest BCUT2D eigenvalue weighted by molar-refractivity contribution is -0.385. The molecule has 0 aliphatic carbocycles. The Balaban J connectivity index is 2.03. The first-order valence-electron chi connectivity index (χ1n) is 8.91. The Labute approximate surface area is 167 Å². The number of nitrogens with zero attached hydrogens (tertiary/aromatic N) is 5. The summed E-state index contributed by atoms with van der Waals surface area (Å²) in [5.74, 6) is -3.55. The maximum atomic E-state index is 13.2. The van der Waals surface area contributed by atoms with Gasteiger partial charge in [0.25, 0.3) is 11.6 Å². The molecule has 1 amide bonds. The van der Waals surface area contributed by atoms with Gasteiger partial charge in [0.2, 0.25) is 0 Å². The second-order valence-corrected chi connectivity index (χ2v) is 6.68. The van der Waals surface area contributed by atoms with E-state index in [1.807, 2.05) is 42.5 Å². The summed E-state index contributed by atoms with van der Waals surface area (Å²) in [6, 6.07) is 19.0. The predicted molar refractivity (Wildman–Crippen MR) is 104 cm³/mol. The summed E-state index contributed by atoms with van der Waals surface area (Å²) in [5, 5.41) is 36.2. The molecule has 3 rings (SSSR count). The molecular formula is C21H17N5O3. The molecular weight excluding hydrogens is 370 g/mol. The molecule has 1 aliphatic rings. The molecule has 1 heterocycles. The molecule has 0 N–H and O–H groups in total. The maximum absolute atomic E-state index is 13.2. The average Bonchev–Trinajstić information content (AvgIpc) is 3.00. The minimum absolute atomic E-state index is 0.181. The predicted octanol–water partition coefficient (Wildman–Crippen LogP) is 3.38. The van der Waals surface area contributed by atoms with E-state index in [0.717, 1.165) is 5.56 Å². The van der Waals surface area contributed by atoms with Crippen molar-refractivity contribution >= 4 is 17.3 Å². The maximum Gasteiger partial charge on any atom is 0.272 e. The van der Waals surface area contributed by atoms with Gasteiger partial charge in [-0.25, -0.2) is 5.01 Å². The number of para-hydroxylation sites is 1. The van der Waals surface area contributed by atoms with Crippen LogP contribution in [-0.2, 0) is 11.3 Å². The van der Waals surface area contributed by atoms with Gasteiger partial charge >= 0.3 is 0 Å². The molecule has 0 fully saturated rings. The zero-order valence-corrected chi connectivity index (χ0v) is 15.6. The van der Waals surface area contributed by atoms with E-state index in [1.165, 1.54) is 23.2 Å². The minimum atomic E-state index is -1.24. The molecule has 0 saturated carbocycles. The van der Waals surface area contributed by atoms with Gasteiger partial charge in [-0.05, 0) is 12.5 Å². The Hall–Kier alpha value is -4.04. The second-order valence-electron chi connectivity index (χ2n) is 6.68. The number of nitro groups is 1. The highest BCUT2D eigenvalue weighted by Crippen LogP contribution is 2.41. The van der Waals surface area contributed by atoms with Crippen LogP contribution in [-0.4, -0.2) is 21.6 Å². The van der Waals surface area contributed by atoms with E-state index in [0.29, 0.717) is 5.71 Å². The first-order chi connectivity index (χ1) is 14.0. The van der Waals surface area contributed by atoms with Crippen LogP contribution in [0.3, 0.4) is 0 Å². The van der Waals surface area contributed by atoms with E-state index in [4.69, 9.17) is 0 Å². The molecule has 0 saturated heterocycles. The largest absolute Gasteiger partial charge is 0.272 e. The number of amides is 1. The van der Waals surface area contributed by atoms with Crippen molar-refractivity contribution in [3.05, 3.63) is 75.8 Å². The first-order valence-corrected chi connectivity index (χ1v) is 8.91. The van der Waals surface area contributed by atoms with Crippen LogP contribution < -0.4 is 0 Å². The molecule has 2 aromatic carbocycles. The third-order valence-electron chi connectivity index (χ3n) is 4.91. The van der Waals surface area contributed by atoms with Crippen molar-refractivity contribution in [3.63, 3.8) is 0 Å². The molecule has 8 heteroatoms. The van der Waals surface area contributed by atoms with Gasteiger partial charge in [-0.3, -0.25) is 14.9 Å². The monoisotopic (exact) mass is 387 g/mol. The zero-order chi connectivity index (χ0) is 21.0. The number of hydrazone groups is 1. The summed E-state index contributed by atoms with van der Waals surface area (Å²) in [6.45, 7) is 1.88. The summed E-state index contributed by atoms with van der Waals surface area (Å²) in [5.41, 5.74) is 1.25. The standard InChI is InChI=1S/C21H17N5O3/c1-14-19(21(27)25(24-14)13-15-7-3-2-4-8-15)20(16(11-22)12-23)17-9-5-6-10-18(17)26(28)29/h2-10,16,19-20H,13H2,1H3/t19-,20-/m0/s1. The normalized spacial score (nSPS) is 16.8.